The number of sulfonamides is 1. The highest BCUT2D eigenvalue weighted by atomic mass is 32.2. The second-order valence-corrected chi connectivity index (χ2v) is 9.17. The SMILES string of the molecule is CC(C)=CCN1C[C@H]2CC[C@@H]1CN(C(=O)c1ccc(S(N)(=O)=O)cc1)C2. The third-order valence-electron chi connectivity index (χ3n) is 5.28. The van der Waals surface area contributed by atoms with Crippen LogP contribution < -0.4 is 5.14 Å². The molecule has 1 aromatic rings. The molecule has 3 saturated heterocycles. The number of benzene rings is 1. The summed E-state index contributed by atoms with van der Waals surface area (Å²) in [5.74, 6) is 0.457. The second kappa shape index (κ2) is 7.50. The Morgan fingerprint density at radius 3 is 2.46 bits per heavy atom. The molecule has 3 heterocycles. The monoisotopic (exact) mass is 377 g/mol. The number of carbonyl (C=O) groups is 1. The third kappa shape index (κ3) is 4.34. The van der Waals surface area contributed by atoms with Crippen LogP contribution in [0.2, 0.25) is 0 Å². The molecule has 7 heteroatoms. The van der Waals surface area contributed by atoms with Crippen molar-refractivity contribution in [3.63, 3.8) is 0 Å². The van der Waals surface area contributed by atoms with E-state index >= 15 is 0 Å². The van der Waals surface area contributed by atoms with E-state index in [1.165, 1.54) is 17.7 Å². The molecule has 2 bridgehead atoms. The van der Waals surface area contributed by atoms with Crippen molar-refractivity contribution in [1.29, 1.82) is 0 Å². The fourth-order valence-electron chi connectivity index (χ4n) is 3.84. The number of hydrogen-bond donors (Lipinski definition) is 1. The maximum absolute atomic E-state index is 12.9. The van der Waals surface area contributed by atoms with E-state index in [2.05, 4.69) is 24.8 Å². The number of nitrogens with zero attached hydrogens (tertiary/aromatic N) is 2. The largest absolute Gasteiger partial charge is 0.337 e. The maximum atomic E-state index is 12.9. The van der Waals surface area contributed by atoms with E-state index < -0.39 is 10.0 Å². The minimum atomic E-state index is -3.74. The van der Waals surface area contributed by atoms with Crippen LogP contribution in [0.1, 0.15) is 37.0 Å². The van der Waals surface area contributed by atoms with E-state index in [4.69, 9.17) is 5.14 Å². The van der Waals surface area contributed by atoms with Gasteiger partial charge in [-0.05, 0) is 56.9 Å². The van der Waals surface area contributed by atoms with Crippen molar-refractivity contribution in [3.05, 3.63) is 41.5 Å². The first kappa shape index (κ1) is 19.1. The number of primary sulfonamides is 1. The Labute approximate surface area is 155 Å². The molecular formula is C19H27N3O3S. The van der Waals surface area contributed by atoms with Crippen LogP contribution >= 0.6 is 0 Å². The predicted octanol–water partition coefficient (Wildman–Crippen LogP) is 1.84. The fourth-order valence-corrected chi connectivity index (χ4v) is 4.35. The van der Waals surface area contributed by atoms with Crippen molar-refractivity contribution < 1.29 is 13.2 Å². The molecule has 142 valence electrons. The van der Waals surface area contributed by atoms with Crippen LogP contribution in [0.3, 0.4) is 0 Å². The summed E-state index contributed by atoms with van der Waals surface area (Å²) in [6.45, 7) is 7.67. The summed E-state index contributed by atoms with van der Waals surface area (Å²) >= 11 is 0. The van der Waals surface area contributed by atoms with Gasteiger partial charge in [0.05, 0.1) is 4.90 Å². The Morgan fingerprint density at radius 2 is 1.85 bits per heavy atom. The van der Waals surface area contributed by atoms with Gasteiger partial charge in [0.2, 0.25) is 10.0 Å². The zero-order chi connectivity index (χ0) is 18.9. The highest BCUT2D eigenvalue weighted by Crippen LogP contribution is 2.29. The molecule has 0 spiro atoms. The van der Waals surface area contributed by atoms with Gasteiger partial charge in [0.1, 0.15) is 0 Å². The van der Waals surface area contributed by atoms with Crippen LogP contribution in [0.15, 0.2) is 40.8 Å². The van der Waals surface area contributed by atoms with Crippen LogP contribution in [0.25, 0.3) is 0 Å². The highest BCUT2D eigenvalue weighted by molar-refractivity contribution is 7.89. The van der Waals surface area contributed by atoms with Crippen molar-refractivity contribution in [2.24, 2.45) is 11.1 Å². The minimum absolute atomic E-state index is 0.0258. The van der Waals surface area contributed by atoms with E-state index in [-0.39, 0.29) is 10.8 Å². The number of hydrogen-bond acceptors (Lipinski definition) is 4. The topological polar surface area (TPSA) is 83.7 Å². The average molecular weight is 378 g/mol. The van der Waals surface area contributed by atoms with Gasteiger partial charge in [-0.25, -0.2) is 13.6 Å². The Balaban J connectivity index is 1.74. The van der Waals surface area contributed by atoms with Gasteiger partial charge in [-0.3, -0.25) is 9.69 Å². The van der Waals surface area contributed by atoms with Gasteiger partial charge < -0.3 is 4.90 Å². The molecule has 2 atom stereocenters. The van der Waals surface area contributed by atoms with E-state index in [0.29, 0.717) is 17.5 Å². The lowest BCUT2D eigenvalue weighted by Crippen LogP contribution is -2.44. The van der Waals surface area contributed by atoms with Crippen LogP contribution in [-0.4, -0.2) is 56.3 Å². The first-order chi connectivity index (χ1) is 12.2. The van der Waals surface area contributed by atoms with Gasteiger partial charge in [-0.2, -0.15) is 0 Å². The van der Waals surface area contributed by atoms with Crippen LogP contribution in [0.5, 0.6) is 0 Å². The number of allylic oxidation sites excluding steroid dienone is 1. The molecule has 3 aliphatic heterocycles. The van der Waals surface area contributed by atoms with Crippen molar-refractivity contribution in [3.8, 4) is 0 Å². The first-order valence-electron chi connectivity index (χ1n) is 9.03. The van der Waals surface area contributed by atoms with Gasteiger partial charge in [0, 0.05) is 37.8 Å². The summed E-state index contributed by atoms with van der Waals surface area (Å²) in [6.07, 6.45) is 4.53. The molecule has 1 aromatic carbocycles. The standard InChI is InChI=1S/C19H27N3O3S/c1-14(2)9-10-21-11-15-3-6-17(21)13-22(12-15)19(23)16-4-7-18(8-5-16)26(20,24)25/h4-5,7-9,15,17H,3,6,10-13H2,1-2H3,(H2,20,24,25)/t15-,17-/m1/s1. The number of amides is 1. The molecular weight excluding hydrogens is 350 g/mol. The van der Waals surface area contributed by atoms with E-state index in [1.807, 2.05) is 4.90 Å². The molecule has 0 unspecified atom stereocenters. The Morgan fingerprint density at radius 1 is 1.15 bits per heavy atom. The Kier molecular flexibility index (Phi) is 5.50. The summed E-state index contributed by atoms with van der Waals surface area (Å²) < 4.78 is 22.7. The van der Waals surface area contributed by atoms with Gasteiger partial charge in [-0.15, -0.1) is 0 Å². The van der Waals surface area contributed by atoms with Crippen LogP contribution in [-0.2, 0) is 10.0 Å². The van der Waals surface area contributed by atoms with Crippen molar-refractivity contribution in [1.82, 2.24) is 9.80 Å². The summed E-state index contributed by atoms with van der Waals surface area (Å²) in [5, 5.41) is 5.12. The summed E-state index contributed by atoms with van der Waals surface area (Å²) in [6, 6.07) is 6.29. The fraction of sp³-hybridized carbons (Fsp3) is 0.526. The Bertz CT molecular complexity index is 798. The Hall–Kier alpha value is -1.70. The molecule has 1 amide bonds. The number of fused-ring (bicyclic) bond motifs is 4. The molecule has 4 rings (SSSR count). The molecule has 3 fully saturated rings. The summed E-state index contributed by atoms with van der Waals surface area (Å²) in [4.78, 5) is 17.4. The third-order valence-corrected chi connectivity index (χ3v) is 6.21. The highest BCUT2D eigenvalue weighted by Gasteiger charge is 2.36. The lowest BCUT2D eigenvalue weighted by molar-refractivity contribution is 0.0740. The molecule has 26 heavy (non-hydrogen) atoms. The van der Waals surface area contributed by atoms with E-state index in [9.17, 15) is 13.2 Å². The summed E-state index contributed by atoms with van der Waals surface area (Å²) in [7, 11) is -3.74. The minimum Gasteiger partial charge on any atom is -0.337 e. The van der Waals surface area contributed by atoms with Gasteiger partial charge in [-0.1, -0.05) is 11.6 Å². The molecule has 2 N–H and O–H groups in total. The maximum Gasteiger partial charge on any atom is 0.253 e. The smallest absolute Gasteiger partial charge is 0.253 e. The number of nitrogens with two attached hydrogens (primary N) is 1. The molecule has 6 nitrogen and oxygen atoms in total. The van der Waals surface area contributed by atoms with E-state index in [0.717, 1.165) is 39.0 Å². The van der Waals surface area contributed by atoms with Crippen molar-refractivity contribution in [2.45, 2.75) is 37.6 Å². The number of rotatable bonds is 4. The van der Waals surface area contributed by atoms with Crippen molar-refractivity contribution in [2.75, 3.05) is 26.2 Å². The van der Waals surface area contributed by atoms with Crippen molar-refractivity contribution >= 4 is 15.9 Å². The lowest BCUT2D eigenvalue weighted by Gasteiger charge is -2.35. The zero-order valence-electron chi connectivity index (χ0n) is 15.4. The number of piperidine rings is 1. The quantitative estimate of drug-likeness (QED) is 0.812. The van der Waals surface area contributed by atoms with Gasteiger partial charge in [0.25, 0.3) is 5.91 Å². The molecule has 0 saturated carbocycles. The van der Waals surface area contributed by atoms with Gasteiger partial charge >= 0.3 is 0 Å². The first-order valence-corrected chi connectivity index (χ1v) is 10.6. The van der Waals surface area contributed by atoms with Crippen LogP contribution in [0, 0.1) is 5.92 Å². The van der Waals surface area contributed by atoms with Gasteiger partial charge in [0.15, 0.2) is 0 Å². The average Bonchev–Trinajstić information content (AvgIpc) is 2.90. The molecule has 0 aromatic heterocycles. The number of carbonyl (C=O) groups excluding carboxylic acids is 1. The normalized spacial score (nSPS) is 23.6. The lowest BCUT2D eigenvalue weighted by atomic mass is 9.95. The molecule has 3 aliphatic rings. The second-order valence-electron chi connectivity index (χ2n) is 7.61. The molecule has 0 radical (unpaired) electrons. The summed E-state index contributed by atoms with van der Waals surface area (Å²) in [5.41, 5.74) is 1.82. The zero-order valence-corrected chi connectivity index (χ0v) is 16.2. The van der Waals surface area contributed by atoms with E-state index in [1.54, 1.807) is 12.1 Å². The predicted molar refractivity (Wildman–Crippen MR) is 101 cm³/mol. The molecule has 0 aliphatic carbocycles. The van der Waals surface area contributed by atoms with Crippen LogP contribution in [0.4, 0.5) is 0 Å².